The summed E-state index contributed by atoms with van der Waals surface area (Å²) in [5.74, 6) is -0.885. The van der Waals surface area contributed by atoms with Crippen molar-refractivity contribution in [3.05, 3.63) is 36.5 Å². The van der Waals surface area contributed by atoms with Crippen molar-refractivity contribution in [2.75, 3.05) is 13.2 Å². The summed E-state index contributed by atoms with van der Waals surface area (Å²) in [6, 6.07) is 0. The first-order valence-corrected chi connectivity index (χ1v) is 30.5. The molecule has 0 spiro atoms. The number of hydrogen-bond acceptors (Lipinski definition) is 6. The summed E-state index contributed by atoms with van der Waals surface area (Å²) in [6.45, 7) is 6.56. The van der Waals surface area contributed by atoms with Gasteiger partial charge in [-0.3, -0.25) is 14.4 Å². The molecule has 0 aliphatic rings. The van der Waals surface area contributed by atoms with Gasteiger partial charge in [-0.25, -0.2) is 0 Å². The van der Waals surface area contributed by atoms with Crippen LogP contribution >= 0.6 is 0 Å². The molecule has 0 bridgehead atoms. The Morgan fingerprint density at radius 2 is 0.565 bits per heavy atom. The topological polar surface area (TPSA) is 78.9 Å². The van der Waals surface area contributed by atoms with Gasteiger partial charge in [-0.2, -0.15) is 0 Å². The Morgan fingerprint density at radius 1 is 0.304 bits per heavy atom. The van der Waals surface area contributed by atoms with E-state index in [1.807, 2.05) is 0 Å². The van der Waals surface area contributed by atoms with Gasteiger partial charge in [0.15, 0.2) is 6.10 Å². The Hall–Kier alpha value is -2.37. The van der Waals surface area contributed by atoms with Crippen molar-refractivity contribution in [2.24, 2.45) is 0 Å². The van der Waals surface area contributed by atoms with Crippen LogP contribution < -0.4 is 0 Å². The van der Waals surface area contributed by atoms with Gasteiger partial charge in [-0.15, -0.1) is 0 Å². The molecule has 0 aliphatic heterocycles. The van der Waals surface area contributed by atoms with Crippen molar-refractivity contribution in [3.63, 3.8) is 0 Å². The van der Waals surface area contributed by atoms with Gasteiger partial charge in [0.25, 0.3) is 0 Å². The summed E-state index contributed by atoms with van der Waals surface area (Å²) in [7, 11) is 0. The van der Waals surface area contributed by atoms with E-state index < -0.39 is 6.10 Å². The number of allylic oxidation sites excluding steroid dienone is 6. The van der Waals surface area contributed by atoms with E-state index in [4.69, 9.17) is 14.2 Å². The van der Waals surface area contributed by atoms with E-state index >= 15 is 0 Å². The second-order valence-corrected chi connectivity index (χ2v) is 20.6. The van der Waals surface area contributed by atoms with Crippen LogP contribution in [0.1, 0.15) is 329 Å². The fourth-order valence-electron chi connectivity index (χ4n) is 9.11. The van der Waals surface area contributed by atoms with Crippen LogP contribution in [0.4, 0.5) is 0 Å². The molecule has 0 aromatic heterocycles. The third kappa shape index (κ3) is 56.4. The zero-order chi connectivity index (χ0) is 50.0. The van der Waals surface area contributed by atoms with E-state index in [0.717, 1.165) is 83.5 Å². The Morgan fingerprint density at radius 3 is 0.884 bits per heavy atom. The molecule has 0 N–H and O–H groups in total. The lowest BCUT2D eigenvalue weighted by atomic mass is 10.0. The standard InChI is InChI=1S/C63H116O6/c1-4-7-10-13-16-19-22-25-27-29-30-31-32-33-34-36-38-41-44-47-50-53-56-62(65)68-59-60(58-67-61(64)55-52-49-46-43-40-37-24-21-18-15-12-9-6-3)69-63(66)57-54-51-48-45-42-39-35-28-26-23-20-17-14-11-8-5-2/h9,12,18,21,37,40,60H,4-8,10-11,13-17,19-20,22-36,38-39,41-59H2,1-3H3/b12-9-,21-18-,40-37-. The van der Waals surface area contributed by atoms with Crippen LogP contribution in [-0.4, -0.2) is 37.2 Å². The largest absolute Gasteiger partial charge is 0.462 e. The minimum Gasteiger partial charge on any atom is -0.462 e. The van der Waals surface area contributed by atoms with Crippen LogP contribution in [-0.2, 0) is 28.6 Å². The van der Waals surface area contributed by atoms with Crippen LogP contribution in [0.15, 0.2) is 36.5 Å². The fourth-order valence-corrected chi connectivity index (χ4v) is 9.11. The maximum Gasteiger partial charge on any atom is 0.306 e. The van der Waals surface area contributed by atoms with E-state index in [1.54, 1.807) is 0 Å². The number of rotatable bonds is 56. The van der Waals surface area contributed by atoms with Gasteiger partial charge in [-0.05, 0) is 51.4 Å². The lowest BCUT2D eigenvalue weighted by molar-refractivity contribution is -0.167. The van der Waals surface area contributed by atoms with Gasteiger partial charge in [-0.1, -0.05) is 295 Å². The highest BCUT2D eigenvalue weighted by atomic mass is 16.6. The van der Waals surface area contributed by atoms with Crippen LogP contribution in [0, 0.1) is 0 Å². The Balaban J connectivity index is 4.27. The molecule has 6 nitrogen and oxygen atoms in total. The molecular formula is C63H116O6. The first kappa shape index (κ1) is 66.6. The van der Waals surface area contributed by atoms with Gasteiger partial charge in [0.2, 0.25) is 0 Å². The summed E-state index contributed by atoms with van der Waals surface area (Å²) >= 11 is 0. The molecule has 0 saturated carbocycles. The summed E-state index contributed by atoms with van der Waals surface area (Å²) in [5.41, 5.74) is 0. The molecule has 0 rings (SSSR count). The van der Waals surface area contributed by atoms with Crippen molar-refractivity contribution in [2.45, 2.75) is 335 Å². The molecule has 0 saturated heterocycles. The summed E-state index contributed by atoms with van der Waals surface area (Å²) in [4.78, 5) is 38.2. The average molecular weight is 970 g/mol. The first-order chi connectivity index (χ1) is 34.0. The molecule has 0 aromatic carbocycles. The van der Waals surface area contributed by atoms with E-state index in [0.29, 0.717) is 19.3 Å². The van der Waals surface area contributed by atoms with Crippen LogP contribution in [0.2, 0.25) is 0 Å². The average Bonchev–Trinajstić information content (AvgIpc) is 3.35. The number of carbonyl (C=O) groups is 3. The summed E-state index contributed by atoms with van der Waals surface area (Å²) in [6.07, 6.45) is 70.1. The second kappa shape index (κ2) is 58.2. The number of hydrogen-bond donors (Lipinski definition) is 0. The lowest BCUT2D eigenvalue weighted by Crippen LogP contribution is -2.30. The fraction of sp³-hybridized carbons (Fsp3) is 0.857. The molecule has 0 radical (unpaired) electrons. The third-order valence-electron chi connectivity index (χ3n) is 13.7. The van der Waals surface area contributed by atoms with Gasteiger partial charge in [0.1, 0.15) is 13.2 Å². The van der Waals surface area contributed by atoms with Gasteiger partial charge >= 0.3 is 17.9 Å². The van der Waals surface area contributed by atoms with Crippen molar-refractivity contribution in [1.82, 2.24) is 0 Å². The number of esters is 3. The smallest absolute Gasteiger partial charge is 0.306 e. The Kier molecular flexibility index (Phi) is 56.2. The predicted molar refractivity (Wildman–Crippen MR) is 298 cm³/mol. The second-order valence-electron chi connectivity index (χ2n) is 20.6. The highest BCUT2D eigenvalue weighted by Crippen LogP contribution is 2.18. The molecule has 0 aliphatic carbocycles. The number of unbranched alkanes of at least 4 members (excludes halogenated alkanes) is 39. The molecule has 1 atom stereocenters. The van der Waals surface area contributed by atoms with E-state index in [2.05, 4.69) is 57.2 Å². The van der Waals surface area contributed by atoms with Crippen LogP contribution in [0.3, 0.4) is 0 Å². The van der Waals surface area contributed by atoms with Crippen LogP contribution in [0.25, 0.3) is 0 Å². The SMILES string of the molecule is CC/C=C\C/C=C\C/C=C\CCCCCC(=O)OCC(COC(=O)CCCCCCCCCCCCCCCCCCCCCCCC)OC(=O)CCCCCCCCCCCCCCCCCC. The zero-order valence-corrected chi connectivity index (χ0v) is 46.3. The number of ether oxygens (including phenoxy) is 3. The molecule has 6 heteroatoms. The molecule has 69 heavy (non-hydrogen) atoms. The summed E-state index contributed by atoms with van der Waals surface area (Å²) in [5, 5.41) is 0. The van der Waals surface area contributed by atoms with Gasteiger partial charge in [0.05, 0.1) is 0 Å². The molecule has 404 valence electrons. The minimum atomic E-state index is -0.780. The zero-order valence-electron chi connectivity index (χ0n) is 46.3. The molecule has 0 heterocycles. The van der Waals surface area contributed by atoms with Crippen molar-refractivity contribution >= 4 is 17.9 Å². The third-order valence-corrected chi connectivity index (χ3v) is 13.7. The Bertz CT molecular complexity index is 1160. The highest BCUT2D eigenvalue weighted by molar-refractivity contribution is 5.71. The Labute approximate surface area is 429 Å². The first-order valence-electron chi connectivity index (χ1n) is 30.5. The van der Waals surface area contributed by atoms with E-state index in [-0.39, 0.29) is 31.1 Å². The molecule has 0 aromatic rings. The molecule has 1 unspecified atom stereocenters. The highest BCUT2D eigenvalue weighted by Gasteiger charge is 2.19. The molecule has 0 fully saturated rings. The normalized spacial score (nSPS) is 12.2. The van der Waals surface area contributed by atoms with Crippen molar-refractivity contribution < 1.29 is 28.6 Å². The van der Waals surface area contributed by atoms with Crippen LogP contribution in [0.5, 0.6) is 0 Å². The van der Waals surface area contributed by atoms with Gasteiger partial charge in [0, 0.05) is 19.3 Å². The van der Waals surface area contributed by atoms with Gasteiger partial charge < -0.3 is 14.2 Å². The monoisotopic (exact) mass is 969 g/mol. The molecule has 0 amide bonds. The maximum absolute atomic E-state index is 12.9. The molecular weight excluding hydrogens is 853 g/mol. The van der Waals surface area contributed by atoms with Crippen molar-refractivity contribution in [3.8, 4) is 0 Å². The van der Waals surface area contributed by atoms with E-state index in [1.165, 1.54) is 205 Å². The minimum absolute atomic E-state index is 0.0763. The quantitative estimate of drug-likeness (QED) is 0.0261. The predicted octanol–water partition coefficient (Wildman–Crippen LogP) is 20.4. The van der Waals surface area contributed by atoms with Crippen molar-refractivity contribution in [1.29, 1.82) is 0 Å². The lowest BCUT2D eigenvalue weighted by Gasteiger charge is -2.18. The number of carbonyl (C=O) groups excluding carboxylic acids is 3. The summed E-state index contributed by atoms with van der Waals surface area (Å²) < 4.78 is 16.9. The van der Waals surface area contributed by atoms with E-state index in [9.17, 15) is 14.4 Å². The maximum atomic E-state index is 12.9.